The van der Waals surface area contributed by atoms with Gasteiger partial charge in [-0.05, 0) is 124 Å². The first-order valence-corrected chi connectivity index (χ1v) is 21.7. The predicted octanol–water partition coefficient (Wildman–Crippen LogP) is 14.4. The second-order valence-electron chi connectivity index (χ2n) is 16.9. The highest BCUT2D eigenvalue weighted by Crippen LogP contribution is 2.45. The Morgan fingerprint density at radius 1 is 0.500 bits per heavy atom. The van der Waals surface area contributed by atoms with E-state index in [9.17, 15) is 0 Å². The van der Waals surface area contributed by atoms with Crippen LogP contribution < -0.4 is 0 Å². The van der Waals surface area contributed by atoms with Crippen molar-refractivity contribution in [2.45, 2.75) is 26.2 Å². The van der Waals surface area contributed by atoms with Crippen molar-refractivity contribution < 1.29 is 0 Å². The van der Waals surface area contributed by atoms with Crippen molar-refractivity contribution in [3.05, 3.63) is 215 Å². The Morgan fingerprint density at radius 2 is 1.21 bits per heavy atom. The molecule has 0 saturated heterocycles. The van der Waals surface area contributed by atoms with Gasteiger partial charge in [0, 0.05) is 32.8 Å². The maximum absolute atomic E-state index is 5.66. The Bertz CT molecular complexity index is 3700. The Kier molecular flexibility index (Phi) is 7.67. The summed E-state index contributed by atoms with van der Waals surface area (Å²) in [7, 11) is 0. The molecular weight excluding hydrogens is 753 g/mol. The Balaban J connectivity index is 1.11. The molecule has 0 fully saturated rings. The molecule has 0 radical (unpaired) electrons. The third kappa shape index (κ3) is 5.26. The number of fused-ring (bicyclic) bond motifs is 10. The molecule has 0 bridgehead atoms. The Hall–Kier alpha value is -7.82. The van der Waals surface area contributed by atoms with Gasteiger partial charge in [0.15, 0.2) is 5.82 Å². The first-order chi connectivity index (χ1) is 30.7. The third-order valence-electron chi connectivity index (χ3n) is 13.5. The fourth-order valence-electron chi connectivity index (χ4n) is 10.6. The monoisotopic (exact) mass is 792 g/mol. The lowest BCUT2D eigenvalue weighted by atomic mass is 9.88. The zero-order chi connectivity index (χ0) is 40.9. The first-order valence-electron chi connectivity index (χ1n) is 21.7. The molecule has 2 aliphatic rings. The second kappa shape index (κ2) is 13.6. The number of aryl methyl sites for hydroxylation is 2. The standard InChI is InChI=1S/C58H40N4/c1-36-45(42-25-27-47-46-23-13-14-24-52(46)61(53(47)35-42)44-21-9-4-10-22-44)28-29-48-50-32-39-19-11-12-20-40(39)34-54(50)62(56(36)48)58-55-49-33-43(37-15-5-2-6-16-37)31-41(49)26-30-51(55)59-57(60-58)38-17-7-3-8-18-38/h2-24,26,28-32,34-35H,25,27,33H2,1H3. The average Bonchev–Trinajstić information content (AvgIpc) is 4.02. The molecule has 62 heavy (non-hydrogen) atoms. The number of benzene rings is 8. The van der Waals surface area contributed by atoms with E-state index in [0.29, 0.717) is 0 Å². The Labute approximate surface area is 359 Å². The van der Waals surface area contributed by atoms with Gasteiger partial charge in [-0.2, -0.15) is 0 Å². The molecule has 2 aliphatic carbocycles. The van der Waals surface area contributed by atoms with Crippen LogP contribution >= 0.6 is 0 Å². The largest absolute Gasteiger partial charge is 0.310 e. The van der Waals surface area contributed by atoms with Crippen molar-refractivity contribution >= 4 is 77.7 Å². The lowest BCUT2D eigenvalue weighted by Gasteiger charge is -2.20. The fraction of sp³-hybridized carbons (Fsp3) is 0.0690. The van der Waals surface area contributed by atoms with Crippen molar-refractivity contribution in [3.63, 3.8) is 0 Å². The van der Waals surface area contributed by atoms with Crippen LogP contribution in [0.1, 0.15) is 45.5 Å². The van der Waals surface area contributed by atoms with E-state index in [0.717, 1.165) is 52.9 Å². The minimum Gasteiger partial charge on any atom is -0.310 e. The second-order valence-corrected chi connectivity index (χ2v) is 16.9. The van der Waals surface area contributed by atoms with Crippen molar-refractivity contribution in [3.8, 4) is 22.9 Å². The molecule has 0 aliphatic heterocycles. The summed E-state index contributed by atoms with van der Waals surface area (Å²) in [6.07, 6.45) is 7.58. The summed E-state index contributed by atoms with van der Waals surface area (Å²) >= 11 is 0. The van der Waals surface area contributed by atoms with Gasteiger partial charge >= 0.3 is 0 Å². The minimum absolute atomic E-state index is 0.725. The van der Waals surface area contributed by atoms with E-state index in [2.05, 4.69) is 204 Å². The molecule has 0 N–H and O–H groups in total. The van der Waals surface area contributed by atoms with Gasteiger partial charge in [0.2, 0.25) is 0 Å². The number of rotatable bonds is 5. The summed E-state index contributed by atoms with van der Waals surface area (Å²) in [6, 6.07) is 63.6. The van der Waals surface area contributed by atoms with Crippen molar-refractivity contribution in [2.75, 3.05) is 0 Å². The molecule has 3 aromatic heterocycles. The zero-order valence-electron chi connectivity index (χ0n) is 34.3. The SMILES string of the molecule is Cc1c(C2=Cc3c(c4ccccc4n3-c3ccccc3)CC2)ccc2c3cc4ccccc4cc3n(-c3nc(-c4ccccc4)nc4ccc5c(c34)CC(c3ccccc3)=C5)c12. The molecule has 4 nitrogen and oxygen atoms in total. The molecule has 0 unspecified atom stereocenters. The molecule has 13 rings (SSSR count). The third-order valence-corrected chi connectivity index (χ3v) is 13.5. The molecule has 0 saturated carbocycles. The minimum atomic E-state index is 0.725. The van der Waals surface area contributed by atoms with E-state index in [1.165, 1.54) is 93.9 Å². The van der Waals surface area contributed by atoms with Gasteiger partial charge < -0.3 is 4.57 Å². The van der Waals surface area contributed by atoms with E-state index < -0.39 is 0 Å². The average molecular weight is 793 g/mol. The van der Waals surface area contributed by atoms with E-state index in [-0.39, 0.29) is 0 Å². The maximum Gasteiger partial charge on any atom is 0.162 e. The molecule has 8 aromatic carbocycles. The summed E-state index contributed by atoms with van der Waals surface area (Å²) in [6.45, 7) is 2.33. The molecule has 292 valence electrons. The quantitative estimate of drug-likeness (QED) is 0.174. The van der Waals surface area contributed by atoms with Gasteiger partial charge in [0.05, 0.1) is 27.8 Å². The van der Waals surface area contributed by atoms with Gasteiger partial charge in [0.1, 0.15) is 5.82 Å². The Morgan fingerprint density at radius 3 is 2.02 bits per heavy atom. The van der Waals surface area contributed by atoms with Crippen molar-refractivity contribution in [1.82, 2.24) is 19.1 Å². The number of hydrogen-bond acceptors (Lipinski definition) is 2. The highest BCUT2D eigenvalue weighted by Gasteiger charge is 2.27. The number of hydrogen-bond donors (Lipinski definition) is 0. The normalized spacial score (nSPS) is 13.6. The van der Waals surface area contributed by atoms with Gasteiger partial charge in [0.25, 0.3) is 0 Å². The van der Waals surface area contributed by atoms with Crippen molar-refractivity contribution in [1.29, 1.82) is 0 Å². The van der Waals surface area contributed by atoms with E-state index >= 15 is 0 Å². The summed E-state index contributed by atoms with van der Waals surface area (Å²) in [4.78, 5) is 11.0. The number of para-hydroxylation sites is 2. The topological polar surface area (TPSA) is 35.6 Å². The predicted molar refractivity (Wildman–Crippen MR) is 259 cm³/mol. The molecule has 0 atom stereocenters. The summed E-state index contributed by atoms with van der Waals surface area (Å²) in [5.74, 6) is 1.65. The van der Waals surface area contributed by atoms with Crippen LogP contribution in [0.25, 0.3) is 101 Å². The highest BCUT2D eigenvalue weighted by atomic mass is 15.1. The molecular formula is C58H40N4. The summed E-state index contributed by atoms with van der Waals surface area (Å²) in [5.41, 5.74) is 18.4. The lowest BCUT2D eigenvalue weighted by Crippen LogP contribution is -2.07. The first kappa shape index (κ1) is 35.0. The van der Waals surface area contributed by atoms with Gasteiger partial charge in [-0.1, -0.05) is 146 Å². The molecule has 3 heterocycles. The summed E-state index contributed by atoms with van der Waals surface area (Å²) in [5, 5.41) is 7.33. The highest BCUT2D eigenvalue weighted by molar-refractivity contribution is 6.16. The maximum atomic E-state index is 5.66. The molecule has 0 spiro atoms. The van der Waals surface area contributed by atoms with Crippen LogP contribution in [0.2, 0.25) is 0 Å². The summed E-state index contributed by atoms with van der Waals surface area (Å²) < 4.78 is 4.94. The van der Waals surface area contributed by atoms with Crippen LogP contribution in [-0.2, 0) is 12.8 Å². The van der Waals surface area contributed by atoms with E-state index in [4.69, 9.17) is 9.97 Å². The van der Waals surface area contributed by atoms with Gasteiger partial charge in [-0.25, -0.2) is 9.97 Å². The number of allylic oxidation sites excluding steroid dienone is 2. The van der Waals surface area contributed by atoms with E-state index in [1.54, 1.807) is 0 Å². The van der Waals surface area contributed by atoms with E-state index in [1.807, 2.05) is 0 Å². The van der Waals surface area contributed by atoms with Crippen molar-refractivity contribution in [2.24, 2.45) is 0 Å². The van der Waals surface area contributed by atoms with Crippen LogP contribution in [-0.4, -0.2) is 19.1 Å². The molecule has 11 aromatic rings. The number of nitrogens with zero attached hydrogens (tertiary/aromatic N) is 4. The van der Waals surface area contributed by atoms with Crippen LogP contribution in [0.15, 0.2) is 176 Å². The van der Waals surface area contributed by atoms with Gasteiger partial charge in [-0.15, -0.1) is 0 Å². The van der Waals surface area contributed by atoms with Crippen LogP contribution in [0.5, 0.6) is 0 Å². The number of aromatic nitrogens is 4. The van der Waals surface area contributed by atoms with Crippen LogP contribution in [0, 0.1) is 6.92 Å². The molecule has 4 heteroatoms. The molecule has 0 amide bonds. The fourth-order valence-corrected chi connectivity index (χ4v) is 10.6. The van der Waals surface area contributed by atoms with Gasteiger partial charge in [-0.3, -0.25) is 4.57 Å². The van der Waals surface area contributed by atoms with Crippen LogP contribution in [0.3, 0.4) is 0 Å². The smallest absolute Gasteiger partial charge is 0.162 e. The van der Waals surface area contributed by atoms with Crippen LogP contribution in [0.4, 0.5) is 0 Å². The zero-order valence-corrected chi connectivity index (χ0v) is 34.3. The lowest BCUT2D eigenvalue weighted by molar-refractivity contribution is 0.979.